The summed E-state index contributed by atoms with van der Waals surface area (Å²) in [6.45, 7) is -0.307. The van der Waals surface area contributed by atoms with E-state index in [0.29, 0.717) is 10.4 Å². The quantitative estimate of drug-likeness (QED) is 0.702. The summed E-state index contributed by atoms with van der Waals surface area (Å²) in [7, 11) is 0. The minimum atomic E-state index is -4.65. The van der Waals surface area contributed by atoms with Gasteiger partial charge in [0.15, 0.2) is 0 Å². The van der Waals surface area contributed by atoms with Crippen LogP contribution in [-0.4, -0.2) is 17.6 Å². The topological polar surface area (TPSA) is 62.5 Å². The van der Waals surface area contributed by atoms with Crippen molar-refractivity contribution in [1.29, 1.82) is 0 Å². The highest BCUT2D eigenvalue weighted by Crippen LogP contribution is 2.34. The number of furan rings is 1. The average Bonchev–Trinajstić information content (AvgIpc) is 3.32. The second-order valence-corrected chi connectivity index (χ2v) is 6.52. The van der Waals surface area contributed by atoms with E-state index in [-0.39, 0.29) is 6.54 Å². The molecule has 0 unspecified atom stereocenters. The molecule has 1 amide bonds. The first-order valence-electron chi connectivity index (χ1n) is 7.56. The highest BCUT2D eigenvalue weighted by atomic mass is 32.1. The Morgan fingerprint density at radius 3 is 2.54 bits per heavy atom. The van der Waals surface area contributed by atoms with Gasteiger partial charge in [-0.3, -0.25) is 4.79 Å². The van der Waals surface area contributed by atoms with Gasteiger partial charge in [0, 0.05) is 10.4 Å². The van der Waals surface area contributed by atoms with Crippen molar-refractivity contribution < 1.29 is 27.5 Å². The van der Waals surface area contributed by atoms with E-state index < -0.39 is 28.8 Å². The summed E-state index contributed by atoms with van der Waals surface area (Å²) in [5.41, 5.74) is -2.74. The van der Waals surface area contributed by atoms with Gasteiger partial charge < -0.3 is 14.8 Å². The van der Waals surface area contributed by atoms with Crippen molar-refractivity contribution >= 4 is 17.2 Å². The molecule has 26 heavy (non-hydrogen) atoms. The van der Waals surface area contributed by atoms with Crippen LogP contribution in [0.5, 0.6) is 0 Å². The van der Waals surface area contributed by atoms with Gasteiger partial charge in [-0.2, -0.15) is 13.2 Å². The molecule has 0 aliphatic heterocycles. The van der Waals surface area contributed by atoms with E-state index in [1.807, 2.05) is 0 Å². The van der Waals surface area contributed by atoms with Crippen LogP contribution in [0.25, 0.3) is 0 Å². The van der Waals surface area contributed by atoms with Crippen molar-refractivity contribution in [3.05, 3.63) is 81.9 Å². The van der Waals surface area contributed by atoms with Gasteiger partial charge in [0.25, 0.3) is 5.91 Å². The molecule has 0 fully saturated rings. The summed E-state index contributed by atoms with van der Waals surface area (Å²) in [6.07, 6.45) is -1.95. The van der Waals surface area contributed by atoms with Crippen molar-refractivity contribution in [2.75, 3.05) is 6.54 Å². The smallest absolute Gasteiger partial charge is 0.417 e. The molecule has 1 atom stereocenters. The van der Waals surface area contributed by atoms with Gasteiger partial charge in [-0.25, -0.2) is 0 Å². The van der Waals surface area contributed by atoms with Crippen molar-refractivity contribution in [1.82, 2.24) is 5.32 Å². The maximum absolute atomic E-state index is 13.1. The fourth-order valence-corrected chi connectivity index (χ4v) is 3.42. The fraction of sp³-hybridized carbons (Fsp3) is 0.167. The second-order valence-electron chi connectivity index (χ2n) is 5.58. The zero-order valence-electron chi connectivity index (χ0n) is 13.3. The number of benzene rings is 1. The molecule has 2 heterocycles. The average molecular weight is 381 g/mol. The van der Waals surface area contributed by atoms with E-state index in [1.54, 1.807) is 17.5 Å². The molecule has 3 aromatic rings. The Hall–Kier alpha value is -2.58. The number of hydrogen-bond donors (Lipinski definition) is 2. The van der Waals surface area contributed by atoms with E-state index in [1.165, 1.54) is 42.1 Å². The fourth-order valence-electron chi connectivity index (χ4n) is 2.58. The Morgan fingerprint density at radius 1 is 1.15 bits per heavy atom. The van der Waals surface area contributed by atoms with E-state index in [9.17, 15) is 23.1 Å². The molecule has 4 nitrogen and oxygen atoms in total. The molecule has 0 aliphatic rings. The highest BCUT2D eigenvalue weighted by Gasteiger charge is 2.37. The molecule has 2 aromatic heterocycles. The zero-order valence-corrected chi connectivity index (χ0v) is 14.1. The van der Waals surface area contributed by atoms with Gasteiger partial charge in [0.05, 0.1) is 30.2 Å². The summed E-state index contributed by atoms with van der Waals surface area (Å²) < 4.78 is 44.3. The van der Waals surface area contributed by atoms with Crippen LogP contribution in [0, 0.1) is 0 Å². The number of rotatable bonds is 5. The Bertz CT molecular complexity index is 839. The Labute approximate surface area is 150 Å². The van der Waals surface area contributed by atoms with Gasteiger partial charge in [-0.15, -0.1) is 11.3 Å². The number of thiophene rings is 1. The molecule has 0 radical (unpaired) electrons. The summed E-state index contributed by atoms with van der Waals surface area (Å²) in [6, 6.07) is 9.45. The molecule has 8 heteroatoms. The third kappa shape index (κ3) is 3.51. The minimum Gasteiger partial charge on any atom is -0.472 e. The number of halogens is 3. The van der Waals surface area contributed by atoms with Gasteiger partial charge in [-0.05, 0) is 29.6 Å². The summed E-state index contributed by atoms with van der Waals surface area (Å²) in [4.78, 5) is 12.9. The second kappa shape index (κ2) is 6.97. The standard InChI is InChI=1S/C18H14F3NO3S/c19-18(20,21)14-5-2-1-4-13(14)16(23)22-11-17(24,12-7-8-25-10-12)15-6-3-9-26-15/h1-10,24H,11H2,(H,22,23)/t17-/m1/s1. The molecular formula is C18H14F3NO3S. The van der Waals surface area contributed by atoms with Crippen molar-refractivity contribution in [3.63, 3.8) is 0 Å². The lowest BCUT2D eigenvalue weighted by Gasteiger charge is -2.26. The predicted octanol–water partition coefficient (Wildman–Crippen LogP) is 4.03. The Morgan fingerprint density at radius 2 is 1.92 bits per heavy atom. The van der Waals surface area contributed by atoms with Crippen LogP contribution in [0.2, 0.25) is 0 Å². The molecule has 2 N–H and O–H groups in total. The summed E-state index contributed by atoms with van der Waals surface area (Å²) in [5, 5.41) is 15.2. The molecule has 0 bridgehead atoms. The normalized spacial score (nSPS) is 14.0. The number of alkyl halides is 3. The lowest BCUT2D eigenvalue weighted by molar-refractivity contribution is -0.137. The van der Waals surface area contributed by atoms with Gasteiger partial charge in [-0.1, -0.05) is 18.2 Å². The van der Waals surface area contributed by atoms with Crippen LogP contribution < -0.4 is 5.32 Å². The lowest BCUT2D eigenvalue weighted by atomic mass is 9.94. The lowest BCUT2D eigenvalue weighted by Crippen LogP contribution is -2.41. The molecule has 0 spiro atoms. The number of amides is 1. The Kier molecular flexibility index (Phi) is 4.88. The zero-order chi connectivity index (χ0) is 18.8. The molecule has 0 aliphatic carbocycles. The number of nitrogens with one attached hydrogen (secondary N) is 1. The van der Waals surface area contributed by atoms with Crippen LogP contribution in [-0.2, 0) is 11.8 Å². The van der Waals surface area contributed by atoms with Gasteiger partial charge in [0.2, 0.25) is 0 Å². The number of hydrogen-bond acceptors (Lipinski definition) is 4. The maximum atomic E-state index is 13.1. The van der Waals surface area contributed by atoms with Gasteiger partial charge in [0.1, 0.15) is 5.60 Å². The molecular weight excluding hydrogens is 367 g/mol. The van der Waals surface area contributed by atoms with Crippen LogP contribution in [0.4, 0.5) is 13.2 Å². The molecule has 3 rings (SSSR count). The van der Waals surface area contributed by atoms with E-state index in [0.717, 1.165) is 12.1 Å². The number of aliphatic hydroxyl groups is 1. The number of carbonyl (C=O) groups is 1. The summed E-state index contributed by atoms with van der Waals surface area (Å²) in [5.74, 6) is -0.920. The maximum Gasteiger partial charge on any atom is 0.417 e. The molecule has 0 saturated carbocycles. The van der Waals surface area contributed by atoms with Gasteiger partial charge >= 0.3 is 6.18 Å². The largest absolute Gasteiger partial charge is 0.472 e. The molecule has 0 saturated heterocycles. The minimum absolute atomic E-state index is 0.307. The highest BCUT2D eigenvalue weighted by molar-refractivity contribution is 7.10. The number of carbonyl (C=O) groups excluding carboxylic acids is 1. The molecule has 136 valence electrons. The van der Waals surface area contributed by atoms with Crippen LogP contribution in [0.15, 0.2) is 64.8 Å². The van der Waals surface area contributed by atoms with E-state index >= 15 is 0 Å². The first-order valence-corrected chi connectivity index (χ1v) is 8.44. The van der Waals surface area contributed by atoms with E-state index in [4.69, 9.17) is 4.42 Å². The van der Waals surface area contributed by atoms with E-state index in [2.05, 4.69) is 5.32 Å². The summed E-state index contributed by atoms with van der Waals surface area (Å²) >= 11 is 1.26. The van der Waals surface area contributed by atoms with Crippen molar-refractivity contribution in [3.8, 4) is 0 Å². The first kappa shape index (κ1) is 18.2. The third-order valence-corrected chi connectivity index (χ3v) is 4.93. The SMILES string of the molecule is O=C(NC[C@@](O)(c1ccoc1)c1cccs1)c1ccccc1C(F)(F)F. The van der Waals surface area contributed by atoms with Crippen LogP contribution in [0.1, 0.15) is 26.4 Å². The third-order valence-electron chi connectivity index (χ3n) is 3.91. The Balaban J connectivity index is 1.86. The van der Waals surface area contributed by atoms with Crippen LogP contribution >= 0.6 is 11.3 Å². The van der Waals surface area contributed by atoms with Crippen LogP contribution in [0.3, 0.4) is 0 Å². The first-order chi connectivity index (χ1) is 12.3. The molecule has 1 aromatic carbocycles. The van der Waals surface area contributed by atoms with Crippen molar-refractivity contribution in [2.24, 2.45) is 0 Å². The predicted molar refractivity (Wildman–Crippen MR) is 89.8 cm³/mol. The van der Waals surface area contributed by atoms with Crippen molar-refractivity contribution in [2.45, 2.75) is 11.8 Å². The monoisotopic (exact) mass is 381 g/mol.